The van der Waals surface area contributed by atoms with Crippen LogP contribution in [0.4, 0.5) is 0 Å². The molecular formula is C17H20N2O3S. The quantitative estimate of drug-likeness (QED) is 0.865. The largest absolute Gasteiger partial charge is 0.486 e. The van der Waals surface area contributed by atoms with Gasteiger partial charge in [0, 0.05) is 17.5 Å². The molecule has 1 unspecified atom stereocenters. The number of aromatic nitrogens is 1. The normalized spacial score (nSPS) is 14.4. The van der Waals surface area contributed by atoms with E-state index in [1.54, 1.807) is 41.5 Å². The summed E-state index contributed by atoms with van der Waals surface area (Å²) in [6, 6.07) is 5.23. The summed E-state index contributed by atoms with van der Waals surface area (Å²) < 4.78 is 11.1. The molecule has 0 saturated heterocycles. The summed E-state index contributed by atoms with van der Waals surface area (Å²) in [4.78, 5) is 20.2. The van der Waals surface area contributed by atoms with Crippen LogP contribution >= 0.6 is 11.3 Å². The van der Waals surface area contributed by atoms with Crippen LogP contribution in [-0.2, 0) is 0 Å². The summed E-state index contributed by atoms with van der Waals surface area (Å²) in [7, 11) is 1.80. The maximum atomic E-state index is 12.8. The molecule has 0 bridgehead atoms. The molecule has 0 spiro atoms. The van der Waals surface area contributed by atoms with Gasteiger partial charge in [-0.05, 0) is 39.0 Å². The third-order valence-corrected chi connectivity index (χ3v) is 4.93. The van der Waals surface area contributed by atoms with E-state index in [1.165, 1.54) is 0 Å². The van der Waals surface area contributed by atoms with Gasteiger partial charge in [0.1, 0.15) is 13.2 Å². The van der Waals surface area contributed by atoms with Crippen molar-refractivity contribution in [2.75, 3.05) is 20.3 Å². The number of carbonyl (C=O) groups is 1. The lowest BCUT2D eigenvalue weighted by atomic mass is 10.1. The van der Waals surface area contributed by atoms with E-state index >= 15 is 0 Å². The molecule has 1 atom stereocenters. The van der Waals surface area contributed by atoms with Gasteiger partial charge in [-0.3, -0.25) is 4.79 Å². The zero-order valence-corrected chi connectivity index (χ0v) is 14.6. The number of ether oxygens (including phenoxy) is 2. The first-order valence-corrected chi connectivity index (χ1v) is 8.39. The van der Waals surface area contributed by atoms with E-state index in [0.29, 0.717) is 30.3 Å². The van der Waals surface area contributed by atoms with E-state index in [2.05, 4.69) is 4.98 Å². The lowest BCUT2D eigenvalue weighted by Crippen LogP contribution is -2.30. The van der Waals surface area contributed by atoms with Crippen molar-refractivity contribution in [3.05, 3.63) is 39.3 Å². The first kappa shape index (κ1) is 15.8. The molecule has 23 heavy (non-hydrogen) atoms. The van der Waals surface area contributed by atoms with Crippen LogP contribution in [0.5, 0.6) is 11.5 Å². The molecule has 122 valence electrons. The number of fused-ring (bicyclic) bond motifs is 1. The van der Waals surface area contributed by atoms with Gasteiger partial charge in [0.05, 0.1) is 16.7 Å². The van der Waals surface area contributed by atoms with Crippen LogP contribution in [0, 0.1) is 13.8 Å². The molecule has 0 radical (unpaired) electrons. The van der Waals surface area contributed by atoms with Crippen LogP contribution in [0.15, 0.2) is 18.2 Å². The Morgan fingerprint density at radius 1 is 1.26 bits per heavy atom. The fourth-order valence-corrected chi connectivity index (χ4v) is 3.58. The number of thiazole rings is 1. The number of amides is 1. The van der Waals surface area contributed by atoms with Crippen molar-refractivity contribution in [3.8, 4) is 11.5 Å². The van der Waals surface area contributed by atoms with Gasteiger partial charge in [0.25, 0.3) is 5.91 Å². The van der Waals surface area contributed by atoms with Gasteiger partial charge in [0.15, 0.2) is 11.5 Å². The number of benzene rings is 1. The zero-order valence-electron chi connectivity index (χ0n) is 13.8. The first-order chi connectivity index (χ1) is 11.0. The molecule has 6 heteroatoms. The summed E-state index contributed by atoms with van der Waals surface area (Å²) in [5.41, 5.74) is 1.55. The molecule has 1 aromatic heterocycles. The van der Waals surface area contributed by atoms with E-state index in [1.807, 2.05) is 20.8 Å². The average molecular weight is 332 g/mol. The van der Waals surface area contributed by atoms with E-state index in [9.17, 15) is 4.79 Å². The van der Waals surface area contributed by atoms with Crippen molar-refractivity contribution in [2.45, 2.75) is 26.8 Å². The highest BCUT2D eigenvalue weighted by molar-refractivity contribution is 7.11. The predicted octanol–water partition coefficient (Wildman–Crippen LogP) is 3.36. The van der Waals surface area contributed by atoms with Gasteiger partial charge >= 0.3 is 0 Å². The molecule has 2 aromatic rings. The highest BCUT2D eigenvalue weighted by Gasteiger charge is 2.24. The molecule has 1 aliphatic rings. The van der Waals surface area contributed by atoms with E-state index in [-0.39, 0.29) is 11.9 Å². The molecule has 0 N–H and O–H groups in total. The van der Waals surface area contributed by atoms with Crippen molar-refractivity contribution < 1.29 is 14.3 Å². The van der Waals surface area contributed by atoms with Crippen LogP contribution in [-0.4, -0.2) is 36.1 Å². The Bertz CT molecular complexity index is 741. The minimum absolute atomic E-state index is 0.0560. The fraction of sp³-hybridized carbons (Fsp3) is 0.412. The van der Waals surface area contributed by atoms with Crippen LogP contribution in [0.3, 0.4) is 0 Å². The first-order valence-electron chi connectivity index (χ1n) is 7.58. The van der Waals surface area contributed by atoms with Crippen LogP contribution < -0.4 is 9.47 Å². The number of nitrogens with zero attached hydrogens (tertiary/aromatic N) is 2. The lowest BCUT2D eigenvalue weighted by molar-refractivity contribution is 0.0738. The van der Waals surface area contributed by atoms with Gasteiger partial charge in [0.2, 0.25) is 0 Å². The average Bonchev–Trinajstić information content (AvgIpc) is 2.90. The maximum absolute atomic E-state index is 12.8. The third-order valence-electron chi connectivity index (χ3n) is 4.03. The Morgan fingerprint density at radius 3 is 2.61 bits per heavy atom. The number of rotatable bonds is 3. The zero-order chi connectivity index (χ0) is 16.6. The molecule has 1 amide bonds. The second-order valence-electron chi connectivity index (χ2n) is 5.62. The molecule has 2 heterocycles. The fourth-order valence-electron chi connectivity index (χ4n) is 2.67. The van der Waals surface area contributed by atoms with Crippen molar-refractivity contribution in [2.24, 2.45) is 0 Å². The summed E-state index contributed by atoms with van der Waals surface area (Å²) in [5, 5.41) is 1.02. The Morgan fingerprint density at radius 2 is 1.96 bits per heavy atom. The Kier molecular flexibility index (Phi) is 4.26. The molecule has 0 fully saturated rings. The van der Waals surface area contributed by atoms with Gasteiger partial charge in [-0.2, -0.15) is 0 Å². The van der Waals surface area contributed by atoms with Gasteiger partial charge in [-0.1, -0.05) is 0 Å². The SMILES string of the molecule is Cc1nc(C(C)N(C)C(=O)c2ccc3c(c2)OCCO3)c(C)s1. The molecule has 5 nitrogen and oxygen atoms in total. The van der Waals surface area contributed by atoms with Crippen molar-refractivity contribution in [3.63, 3.8) is 0 Å². The minimum atomic E-state index is -0.0827. The summed E-state index contributed by atoms with van der Waals surface area (Å²) in [5.74, 6) is 1.26. The van der Waals surface area contributed by atoms with Gasteiger partial charge < -0.3 is 14.4 Å². The van der Waals surface area contributed by atoms with Crippen molar-refractivity contribution >= 4 is 17.2 Å². The molecular weight excluding hydrogens is 312 g/mol. The summed E-state index contributed by atoms with van der Waals surface area (Å²) >= 11 is 1.66. The topological polar surface area (TPSA) is 51.7 Å². The van der Waals surface area contributed by atoms with Gasteiger partial charge in [-0.15, -0.1) is 11.3 Å². The smallest absolute Gasteiger partial charge is 0.254 e. The number of hydrogen-bond donors (Lipinski definition) is 0. The number of carbonyl (C=O) groups excluding carboxylic acids is 1. The second kappa shape index (κ2) is 6.20. The minimum Gasteiger partial charge on any atom is -0.486 e. The highest BCUT2D eigenvalue weighted by atomic mass is 32.1. The maximum Gasteiger partial charge on any atom is 0.254 e. The molecule has 0 aliphatic carbocycles. The number of aryl methyl sites for hydroxylation is 2. The molecule has 1 aromatic carbocycles. The monoisotopic (exact) mass is 332 g/mol. The van der Waals surface area contributed by atoms with E-state index < -0.39 is 0 Å². The van der Waals surface area contributed by atoms with E-state index in [4.69, 9.17) is 9.47 Å². The third kappa shape index (κ3) is 3.03. The Balaban J connectivity index is 1.83. The van der Waals surface area contributed by atoms with Crippen LogP contribution in [0.2, 0.25) is 0 Å². The standard InChI is InChI=1S/C17H20N2O3S/c1-10(16-11(2)23-12(3)18-16)19(4)17(20)13-5-6-14-15(9-13)22-8-7-21-14/h5-6,9-10H,7-8H2,1-4H3. The molecule has 1 aliphatic heterocycles. The van der Waals surface area contributed by atoms with Gasteiger partial charge in [-0.25, -0.2) is 4.98 Å². The Hall–Kier alpha value is -2.08. The Labute approximate surface area is 139 Å². The second-order valence-corrected chi connectivity index (χ2v) is 7.03. The van der Waals surface area contributed by atoms with Crippen molar-refractivity contribution in [1.82, 2.24) is 9.88 Å². The lowest BCUT2D eigenvalue weighted by Gasteiger charge is -2.25. The predicted molar refractivity (Wildman–Crippen MR) is 89.5 cm³/mol. The van der Waals surface area contributed by atoms with Crippen molar-refractivity contribution in [1.29, 1.82) is 0 Å². The number of hydrogen-bond acceptors (Lipinski definition) is 5. The highest BCUT2D eigenvalue weighted by Crippen LogP contribution is 2.32. The summed E-state index contributed by atoms with van der Waals surface area (Å²) in [6.45, 7) is 7.07. The van der Waals surface area contributed by atoms with Crippen LogP contribution in [0.25, 0.3) is 0 Å². The molecule has 0 saturated carbocycles. The molecule has 3 rings (SSSR count). The van der Waals surface area contributed by atoms with Crippen LogP contribution in [0.1, 0.15) is 38.9 Å². The van der Waals surface area contributed by atoms with E-state index in [0.717, 1.165) is 15.6 Å². The summed E-state index contributed by atoms with van der Waals surface area (Å²) in [6.07, 6.45) is 0.